The summed E-state index contributed by atoms with van der Waals surface area (Å²) in [4.78, 5) is 37.7. The first-order valence-electron chi connectivity index (χ1n) is 8.65. The number of carbonyl (C=O) groups is 3. The summed E-state index contributed by atoms with van der Waals surface area (Å²) in [7, 11) is 1.56. The molecule has 140 valence electrons. The zero-order valence-electron chi connectivity index (χ0n) is 15.2. The van der Waals surface area contributed by atoms with Crippen LogP contribution >= 0.6 is 0 Å². The number of imide groups is 1. The summed E-state index contributed by atoms with van der Waals surface area (Å²) >= 11 is 0. The quantitative estimate of drug-likeness (QED) is 0.766. The predicted octanol–water partition coefficient (Wildman–Crippen LogP) is 2.13. The monoisotopic (exact) mass is 367 g/mol. The van der Waals surface area contributed by atoms with Gasteiger partial charge < -0.3 is 10.1 Å². The van der Waals surface area contributed by atoms with E-state index in [2.05, 4.69) is 10.7 Å². The SMILES string of the molecule is CC[C@]1(c2ccccc2)NC(=O)N(NC(=O)Cc2ccc(OC)cc2)C1=O. The number of methoxy groups -OCH3 is 1. The van der Waals surface area contributed by atoms with Gasteiger partial charge in [-0.3, -0.25) is 15.0 Å². The molecular formula is C20H21N3O4. The molecule has 0 spiro atoms. The van der Waals surface area contributed by atoms with Gasteiger partial charge in [-0.2, -0.15) is 5.01 Å². The Morgan fingerprint density at radius 3 is 2.37 bits per heavy atom. The fraction of sp³-hybridized carbons (Fsp3) is 0.250. The second kappa shape index (κ2) is 7.49. The molecule has 7 heteroatoms. The molecule has 1 saturated heterocycles. The molecule has 1 aliphatic rings. The highest BCUT2D eigenvalue weighted by molar-refractivity contribution is 6.08. The Hall–Kier alpha value is -3.35. The summed E-state index contributed by atoms with van der Waals surface area (Å²) in [5.41, 5.74) is 2.66. The minimum absolute atomic E-state index is 0.0333. The zero-order valence-corrected chi connectivity index (χ0v) is 15.2. The van der Waals surface area contributed by atoms with Gasteiger partial charge in [0.2, 0.25) is 5.91 Å². The van der Waals surface area contributed by atoms with E-state index in [0.717, 1.165) is 10.6 Å². The van der Waals surface area contributed by atoms with E-state index < -0.39 is 23.4 Å². The number of carbonyl (C=O) groups excluding carboxylic acids is 3. The molecule has 0 aromatic heterocycles. The van der Waals surface area contributed by atoms with Crippen molar-refractivity contribution in [1.82, 2.24) is 15.8 Å². The van der Waals surface area contributed by atoms with Gasteiger partial charge >= 0.3 is 6.03 Å². The van der Waals surface area contributed by atoms with E-state index in [1.807, 2.05) is 13.0 Å². The molecule has 1 atom stereocenters. The lowest BCUT2D eigenvalue weighted by Crippen LogP contribution is -2.49. The lowest BCUT2D eigenvalue weighted by atomic mass is 9.87. The fourth-order valence-corrected chi connectivity index (χ4v) is 3.13. The Kier molecular flexibility index (Phi) is 5.12. The molecule has 0 aliphatic carbocycles. The average Bonchev–Trinajstić information content (AvgIpc) is 2.94. The van der Waals surface area contributed by atoms with E-state index in [-0.39, 0.29) is 6.42 Å². The Morgan fingerprint density at radius 1 is 1.11 bits per heavy atom. The van der Waals surface area contributed by atoms with E-state index in [9.17, 15) is 14.4 Å². The van der Waals surface area contributed by atoms with Crippen molar-refractivity contribution < 1.29 is 19.1 Å². The van der Waals surface area contributed by atoms with Crippen LogP contribution in [-0.2, 0) is 21.5 Å². The second-order valence-corrected chi connectivity index (χ2v) is 6.26. The van der Waals surface area contributed by atoms with Crippen LogP contribution in [-0.4, -0.2) is 30.0 Å². The fourth-order valence-electron chi connectivity index (χ4n) is 3.13. The smallest absolute Gasteiger partial charge is 0.344 e. The van der Waals surface area contributed by atoms with Crippen molar-refractivity contribution in [3.63, 3.8) is 0 Å². The van der Waals surface area contributed by atoms with E-state index >= 15 is 0 Å². The van der Waals surface area contributed by atoms with Crippen LogP contribution in [0.25, 0.3) is 0 Å². The molecule has 1 heterocycles. The topological polar surface area (TPSA) is 87.7 Å². The molecule has 1 fully saturated rings. The lowest BCUT2D eigenvalue weighted by Gasteiger charge is -2.25. The molecule has 2 aromatic carbocycles. The van der Waals surface area contributed by atoms with E-state index in [1.54, 1.807) is 55.6 Å². The molecule has 0 unspecified atom stereocenters. The Balaban J connectivity index is 1.74. The molecule has 0 bridgehead atoms. The number of amides is 4. The summed E-state index contributed by atoms with van der Waals surface area (Å²) in [5.74, 6) is -0.267. The third-order valence-electron chi connectivity index (χ3n) is 4.65. The van der Waals surface area contributed by atoms with Gasteiger partial charge in [-0.25, -0.2) is 4.79 Å². The number of benzene rings is 2. The third kappa shape index (κ3) is 3.48. The van der Waals surface area contributed by atoms with Gasteiger partial charge in [0.15, 0.2) is 0 Å². The van der Waals surface area contributed by atoms with Crippen molar-refractivity contribution in [2.45, 2.75) is 25.3 Å². The minimum Gasteiger partial charge on any atom is -0.497 e. The summed E-state index contributed by atoms with van der Waals surface area (Å²) in [6, 6.07) is 15.4. The van der Waals surface area contributed by atoms with Crippen LogP contribution in [0, 0.1) is 0 Å². The van der Waals surface area contributed by atoms with Crippen molar-refractivity contribution in [2.75, 3.05) is 7.11 Å². The molecule has 2 N–H and O–H groups in total. The van der Waals surface area contributed by atoms with Gasteiger partial charge in [0, 0.05) is 0 Å². The summed E-state index contributed by atoms with van der Waals surface area (Å²) in [5, 5.41) is 3.49. The summed E-state index contributed by atoms with van der Waals surface area (Å²) in [6.45, 7) is 1.81. The molecule has 7 nitrogen and oxygen atoms in total. The van der Waals surface area contributed by atoms with Gasteiger partial charge in [0.25, 0.3) is 5.91 Å². The largest absolute Gasteiger partial charge is 0.497 e. The second-order valence-electron chi connectivity index (χ2n) is 6.26. The lowest BCUT2D eigenvalue weighted by molar-refractivity contribution is -0.139. The van der Waals surface area contributed by atoms with Crippen molar-refractivity contribution in [3.8, 4) is 5.75 Å². The van der Waals surface area contributed by atoms with Gasteiger partial charge in [0.05, 0.1) is 13.5 Å². The highest BCUT2D eigenvalue weighted by Crippen LogP contribution is 2.31. The number of hydrazine groups is 1. The maximum absolute atomic E-state index is 13.0. The molecule has 4 amide bonds. The maximum Gasteiger partial charge on any atom is 0.344 e. The number of rotatable bonds is 6. The van der Waals surface area contributed by atoms with Crippen LogP contribution < -0.4 is 15.5 Å². The Morgan fingerprint density at radius 2 is 1.78 bits per heavy atom. The average molecular weight is 367 g/mol. The molecule has 27 heavy (non-hydrogen) atoms. The molecule has 1 aliphatic heterocycles. The summed E-state index contributed by atoms with van der Waals surface area (Å²) < 4.78 is 5.08. The first kappa shape index (κ1) is 18.4. The molecule has 2 aromatic rings. The van der Waals surface area contributed by atoms with Gasteiger partial charge in [-0.05, 0) is 29.7 Å². The molecule has 0 radical (unpaired) electrons. The van der Waals surface area contributed by atoms with Crippen molar-refractivity contribution >= 4 is 17.8 Å². The van der Waals surface area contributed by atoms with Crippen molar-refractivity contribution in [1.29, 1.82) is 0 Å². The highest BCUT2D eigenvalue weighted by Gasteiger charge is 2.52. The normalized spacial score (nSPS) is 19.0. The van der Waals surface area contributed by atoms with Crippen LogP contribution in [0.15, 0.2) is 54.6 Å². The first-order chi connectivity index (χ1) is 13.0. The molecule has 0 saturated carbocycles. The maximum atomic E-state index is 13.0. The van der Waals surface area contributed by atoms with Gasteiger partial charge in [-0.1, -0.05) is 49.4 Å². The van der Waals surface area contributed by atoms with Gasteiger partial charge in [-0.15, -0.1) is 0 Å². The van der Waals surface area contributed by atoms with Crippen molar-refractivity contribution in [2.24, 2.45) is 0 Å². The first-order valence-corrected chi connectivity index (χ1v) is 8.65. The third-order valence-corrected chi connectivity index (χ3v) is 4.65. The van der Waals surface area contributed by atoms with Crippen LogP contribution in [0.1, 0.15) is 24.5 Å². The van der Waals surface area contributed by atoms with E-state index in [4.69, 9.17) is 4.74 Å². The highest BCUT2D eigenvalue weighted by atomic mass is 16.5. The minimum atomic E-state index is -1.17. The number of ether oxygens (including phenoxy) is 1. The van der Waals surface area contributed by atoms with Gasteiger partial charge in [0.1, 0.15) is 11.3 Å². The van der Waals surface area contributed by atoms with Crippen LogP contribution in [0.5, 0.6) is 5.75 Å². The number of urea groups is 1. The number of nitrogens with zero attached hydrogens (tertiary/aromatic N) is 1. The summed E-state index contributed by atoms with van der Waals surface area (Å²) in [6.07, 6.45) is 0.401. The number of nitrogens with one attached hydrogen (secondary N) is 2. The van der Waals surface area contributed by atoms with E-state index in [0.29, 0.717) is 17.7 Å². The molecular weight excluding hydrogens is 346 g/mol. The van der Waals surface area contributed by atoms with Crippen LogP contribution in [0.3, 0.4) is 0 Å². The van der Waals surface area contributed by atoms with Crippen LogP contribution in [0.4, 0.5) is 4.79 Å². The Bertz CT molecular complexity index is 851. The zero-order chi connectivity index (χ0) is 19.4. The Labute approximate surface area is 157 Å². The van der Waals surface area contributed by atoms with E-state index in [1.165, 1.54) is 0 Å². The van der Waals surface area contributed by atoms with Crippen LogP contribution in [0.2, 0.25) is 0 Å². The standard InChI is InChI=1S/C20H21N3O4/c1-3-20(15-7-5-4-6-8-15)18(25)23(19(26)21-20)22-17(24)13-14-9-11-16(27-2)12-10-14/h4-12H,3,13H2,1-2H3,(H,21,26)(H,22,24)/t20-/m1/s1. The predicted molar refractivity (Wildman–Crippen MR) is 98.6 cm³/mol. The van der Waals surface area contributed by atoms with Crippen molar-refractivity contribution in [3.05, 3.63) is 65.7 Å². The number of hydrogen-bond acceptors (Lipinski definition) is 4. The molecule has 3 rings (SSSR count). The number of hydrogen-bond donors (Lipinski definition) is 2.